The number of quaternary nitrogens is 1. The summed E-state index contributed by atoms with van der Waals surface area (Å²) in [5.74, 6) is -0.640. The molecule has 3 unspecified atom stereocenters. The lowest BCUT2D eigenvalue weighted by Crippen LogP contribution is -2.47. The maximum atomic E-state index is 13.5. The summed E-state index contributed by atoms with van der Waals surface area (Å²) in [5.41, 5.74) is 0. The van der Waals surface area contributed by atoms with Gasteiger partial charge in [0.15, 0.2) is 0 Å². The van der Waals surface area contributed by atoms with Crippen LogP contribution in [-0.2, 0) is 27.9 Å². The third kappa shape index (κ3) is 50.1. The number of esters is 1. The average molecular weight is 999 g/mol. The van der Waals surface area contributed by atoms with Crippen molar-refractivity contribution in [3.8, 4) is 0 Å². The summed E-state index contributed by atoms with van der Waals surface area (Å²) in [4.78, 5) is 39.8. The second kappa shape index (κ2) is 49.8. The third-order valence-corrected chi connectivity index (χ3v) is 13.1. The van der Waals surface area contributed by atoms with Crippen LogP contribution in [0.1, 0.15) is 233 Å². The van der Waals surface area contributed by atoms with Crippen molar-refractivity contribution in [1.82, 2.24) is 5.32 Å². The summed E-state index contributed by atoms with van der Waals surface area (Å²) in [7, 11) is 1.14. The lowest BCUT2D eigenvalue weighted by Gasteiger charge is -2.30. The molecular formula is C60H107N2O7P. The van der Waals surface area contributed by atoms with Crippen molar-refractivity contribution in [2.24, 2.45) is 0 Å². The topological polar surface area (TPSA) is 114 Å². The van der Waals surface area contributed by atoms with Gasteiger partial charge in [-0.05, 0) is 70.3 Å². The Morgan fingerprint density at radius 2 is 0.929 bits per heavy atom. The van der Waals surface area contributed by atoms with Gasteiger partial charge in [0.1, 0.15) is 19.3 Å². The summed E-state index contributed by atoms with van der Waals surface area (Å²) in [6.45, 7) is 6.67. The Labute approximate surface area is 431 Å². The first-order valence-electron chi connectivity index (χ1n) is 28.4. The third-order valence-electron chi connectivity index (χ3n) is 12.1. The van der Waals surface area contributed by atoms with Gasteiger partial charge in [0.25, 0.3) is 7.82 Å². The van der Waals surface area contributed by atoms with E-state index in [4.69, 9.17) is 13.8 Å². The molecule has 1 amide bonds. The molecule has 0 fully saturated rings. The first kappa shape index (κ1) is 67.2. The van der Waals surface area contributed by atoms with Crippen LogP contribution in [0.4, 0.5) is 0 Å². The summed E-state index contributed by atoms with van der Waals surface area (Å²) < 4.78 is 30.1. The van der Waals surface area contributed by atoms with Crippen LogP contribution in [0.2, 0.25) is 0 Å². The van der Waals surface area contributed by atoms with Gasteiger partial charge in [-0.3, -0.25) is 14.2 Å². The normalized spacial score (nSPS) is 14.4. The molecule has 0 heterocycles. The van der Waals surface area contributed by atoms with E-state index >= 15 is 0 Å². The molecule has 404 valence electrons. The molecule has 0 bridgehead atoms. The van der Waals surface area contributed by atoms with E-state index in [0.29, 0.717) is 23.9 Å². The second-order valence-electron chi connectivity index (χ2n) is 20.1. The van der Waals surface area contributed by atoms with Gasteiger partial charge in [0.2, 0.25) is 5.91 Å². The molecule has 0 spiro atoms. The predicted octanol–water partition coefficient (Wildman–Crippen LogP) is 16.4. The monoisotopic (exact) mass is 999 g/mol. The number of rotatable bonds is 50. The fourth-order valence-electron chi connectivity index (χ4n) is 7.72. The Kier molecular flexibility index (Phi) is 47.8. The molecule has 0 rings (SSSR count). The Morgan fingerprint density at radius 3 is 1.37 bits per heavy atom. The van der Waals surface area contributed by atoms with Crippen molar-refractivity contribution >= 4 is 19.7 Å². The highest BCUT2D eigenvalue weighted by Crippen LogP contribution is 2.38. The molecule has 1 N–H and O–H groups in total. The van der Waals surface area contributed by atoms with Crippen molar-refractivity contribution in [2.75, 3.05) is 40.9 Å². The maximum absolute atomic E-state index is 13.5. The van der Waals surface area contributed by atoms with Crippen molar-refractivity contribution in [3.63, 3.8) is 0 Å². The number of carbonyl (C=O) groups excluding carboxylic acids is 2. The average Bonchev–Trinajstić information content (AvgIpc) is 3.32. The molecule has 70 heavy (non-hydrogen) atoms. The van der Waals surface area contributed by atoms with Crippen molar-refractivity contribution in [1.29, 1.82) is 0 Å². The van der Waals surface area contributed by atoms with E-state index in [9.17, 15) is 19.0 Å². The minimum absolute atomic E-state index is 0.0356. The number of likely N-dealkylation sites (N-methyl/N-ethyl adjacent to an activating group) is 1. The van der Waals surface area contributed by atoms with Crippen LogP contribution in [0.3, 0.4) is 0 Å². The number of ether oxygens (including phenoxy) is 1. The van der Waals surface area contributed by atoms with Crippen LogP contribution in [0.25, 0.3) is 0 Å². The molecule has 10 heteroatoms. The predicted molar refractivity (Wildman–Crippen MR) is 298 cm³/mol. The number of allylic oxidation sites excluding steroid dienone is 13. The lowest BCUT2D eigenvalue weighted by molar-refractivity contribution is -0.870. The van der Waals surface area contributed by atoms with Crippen molar-refractivity contribution in [3.05, 3.63) is 85.1 Å². The first-order chi connectivity index (χ1) is 33.9. The molecule has 0 saturated heterocycles. The highest BCUT2D eigenvalue weighted by molar-refractivity contribution is 7.45. The van der Waals surface area contributed by atoms with Gasteiger partial charge in [-0.15, -0.1) is 0 Å². The van der Waals surface area contributed by atoms with Gasteiger partial charge >= 0.3 is 5.97 Å². The maximum Gasteiger partial charge on any atom is 0.306 e. The molecule has 0 aromatic rings. The molecule has 0 aromatic heterocycles. The van der Waals surface area contributed by atoms with Gasteiger partial charge < -0.3 is 28.5 Å². The zero-order valence-corrected chi connectivity index (χ0v) is 46.8. The zero-order valence-electron chi connectivity index (χ0n) is 45.9. The van der Waals surface area contributed by atoms with Crippen molar-refractivity contribution in [2.45, 2.75) is 245 Å². The second-order valence-corrected chi connectivity index (χ2v) is 21.5. The van der Waals surface area contributed by atoms with E-state index < -0.39 is 32.5 Å². The minimum Gasteiger partial charge on any atom is -0.756 e. The fourth-order valence-corrected chi connectivity index (χ4v) is 8.45. The highest BCUT2D eigenvalue weighted by atomic mass is 31.2. The minimum atomic E-state index is -4.71. The number of carbonyl (C=O) groups is 2. The van der Waals surface area contributed by atoms with E-state index in [1.807, 2.05) is 39.4 Å². The standard InChI is InChI=1S/C60H107N2O7P/c1-7-10-13-16-19-22-25-28-29-30-31-32-33-35-38-41-44-47-50-53-60(64)69-58(51-48-45-42-39-36-27-24-21-18-15-12-9-3)57(56-68-70(65,66)67-55-54-62(4,5)6)61-59(63)52-49-46-43-40-37-34-26-23-20-17-14-11-8-2/h10,13,19,22,28-29,31-32,35,38,44,47-48,51,57-58H,7-9,11-12,14-18,20-21,23-27,30,33-34,36-37,39-43,45-46,49-50,52-56H2,1-6H3,(H-,61,63,65,66)/b13-10-,22-19-,29-28-,32-31-,38-35-,47-44-,51-48+. The Bertz CT molecular complexity index is 1480. The molecule has 0 saturated carbocycles. The van der Waals surface area contributed by atoms with Gasteiger partial charge in [-0.2, -0.15) is 0 Å². The van der Waals surface area contributed by atoms with E-state index in [1.165, 1.54) is 116 Å². The van der Waals surface area contributed by atoms with Crippen molar-refractivity contribution < 1.29 is 37.3 Å². The summed E-state index contributed by atoms with van der Waals surface area (Å²) in [5, 5.41) is 3.00. The Morgan fingerprint density at radius 1 is 0.514 bits per heavy atom. The highest BCUT2D eigenvalue weighted by Gasteiger charge is 2.27. The summed E-state index contributed by atoms with van der Waals surface area (Å²) in [6, 6.07) is -0.919. The van der Waals surface area contributed by atoms with E-state index in [2.05, 4.69) is 86.8 Å². The van der Waals surface area contributed by atoms with Crippen LogP contribution in [0, 0.1) is 0 Å². The number of phosphoric acid groups is 1. The van der Waals surface area contributed by atoms with Gasteiger partial charge in [-0.25, -0.2) is 0 Å². The van der Waals surface area contributed by atoms with E-state index in [0.717, 1.165) is 77.0 Å². The lowest BCUT2D eigenvalue weighted by atomic mass is 10.0. The first-order valence-corrected chi connectivity index (χ1v) is 29.9. The molecule has 0 aliphatic carbocycles. The zero-order chi connectivity index (χ0) is 51.5. The van der Waals surface area contributed by atoms with Gasteiger partial charge in [0.05, 0.1) is 33.8 Å². The molecule has 0 aromatic carbocycles. The fraction of sp³-hybridized carbons (Fsp3) is 0.733. The van der Waals surface area contributed by atoms with E-state index in [-0.39, 0.29) is 18.9 Å². The smallest absolute Gasteiger partial charge is 0.306 e. The molecule has 9 nitrogen and oxygen atoms in total. The molecule has 3 atom stereocenters. The number of hydrogen-bond acceptors (Lipinski definition) is 7. The van der Waals surface area contributed by atoms with Crippen LogP contribution in [0.15, 0.2) is 85.1 Å². The molecule has 0 aliphatic rings. The number of phosphoric ester groups is 1. The van der Waals surface area contributed by atoms with Crippen LogP contribution in [-0.4, -0.2) is 69.4 Å². The van der Waals surface area contributed by atoms with Gasteiger partial charge in [0, 0.05) is 12.8 Å². The Balaban J connectivity index is 5.47. The molecular weight excluding hydrogens is 892 g/mol. The molecule has 0 radical (unpaired) electrons. The SMILES string of the molecule is CC/C=C\C/C=C\C/C=C\C/C=C\C/C=C\C/C=C\CCC(=O)OC(/C=C/CCCCCCCCCCCC)C(COP(=O)([O-])OCC[N+](C)(C)C)NC(=O)CCCCCCCCCCCCCCC. The number of nitrogens with zero attached hydrogens (tertiary/aromatic N) is 1. The number of amides is 1. The number of unbranched alkanes of at least 4 members (excludes halogenated alkanes) is 22. The van der Waals surface area contributed by atoms with Crippen LogP contribution < -0.4 is 10.2 Å². The van der Waals surface area contributed by atoms with E-state index in [1.54, 1.807) is 6.08 Å². The van der Waals surface area contributed by atoms with Gasteiger partial charge in [-0.1, -0.05) is 235 Å². The van der Waals surface area contributed by atoms with Crippen LogP contribution >= 0.6 is 7.82 Å². The van der Waals surface area contributed by atoms with Crippen LogP contribution in [0.5, 0.6) is 0 Å². The quantitative estimate of drug-likeness (QED) is 0.0212. The summed E-state index contributed by atoms with van der Waals surface area (Å²) >= 11 is 0. The summed E-state index contributed by atoms with van der Waals surface area (Å²) in [6.07, 6.45) is 64.2. The molecule has 0 aliphatic heterocycles. The number of nitrogens with one attached hydrogen (secondary N) is 1. The Hall–Kier alpha value is -2.81. The number of hydrogen-bond donors (Lipinski definition) is 1. The largest absolute Gasteiger partial charge is 0.756 e.